The summed E-state index contributed by atoms with van der Waals surface area (Å²) in [6.45, 7) is 5.07. The second-order valence-electron chi connectivity index (χ2n) is 4.44. The first kappa shape index (κ1) is 13.7. The highest BCUT2D eigenvalue weighted by atomic mass is 16.4. The summed E-state index contributed by atoms with van der Waals surface area (Å²) in [6, 6.07) is 8.80. The summed E-state index contributed by atoms with van der Waals surface area (Å²) in [5.74, 6) is -0.711. The Kier molecular flexibility index (Phi) is 5.70. The van der Waals surface area contributed by atoms with Crippen LogP contribution in [0.2, 0.25) is 0 Å². The van der Waals surface area contributed by atoms with E-state index in [2.05, 4.69) is 43.4 Å². The van der Waals surface area contributed by atoms with Gasteiger partial charge in [0.15, 0.2) is 0 Å². The summed E-state index contributed by atoms with van der Waals surface area (Å²) >= 11 is 0. The van der Waals surface area contributed by atoms with Gasteiger partial charge in [-0.3, -0.25) is 4.79 Å². The molecule has 0 spiro atoms. The summed E-state index contributed by atoms with van der Waals surface area (Å²) in [6.07, 6.45) is 1.91. The Labute approximate surface area is 103 Å². The molecule has 1 atom stereocenters. The molecule has 0 bridgehead atoms. The van der Waals surface area contributed by atoms with Crippen LogP contribution in [-0.4, -0.2) is 17.6 Å². The molecule has 1 rings (SSSR count). The molecule has 0 aliphatic rings. The van der Waals surface area contributed by atoms with Gasteiger partial charge in [-0.1, -0.05) is 29.8 Å². The monoisotopic (exact) mass is 235 g/mol. The number of carbonyl (C=O) groups is 1. The van der Waals surface area contributed by atoms with Crippen LogP contribution in [0.3, 0.4) is 0 Å². The molecule has 0 aliphatic heterocycles. The Bertz CT molecular complexity index is 346. The lowest BCUT2D eigenvalue weighted by Crippen LogP contribution is -2.19. The predicted molar refractivity (Wildman–Crippen MR) is 69.1 cm³/mol. The number of hydrogen-bond donors (Lipinski definition) is 2. The molecule has 94 valence electrons. The maximum Gasteiger partial charge on any atom is 0.303 e. The molecule has 17 heavy (non-hydrogen) atoms. The number of aryl methyl sites for hydroxylation is 1. The first-order valence-corrected chi connectivity index (χ1v) is 6.11. The van der Waals surface area contributed by atoms with Gasteiger partial charge in [-0.15, -0.1) is 0 Å². The third-order valence-electron chi connectivity index (χ3n) is 2.85. The van der Waals surface area contributed by atoms with Crippen molar-refractivity contribution in [1.29, 1.82) is 0 Å². The fourth-order valence-electron chi connectivity index (χ4n) is 1.69. The Morgan fingerprint density at radius 1 is 1.29 bits per heavy atom. The SMILES string of the molecule is Cc1ccc([C@@H](C)NCCCCC(=O)O)cc1. The highest BCUT2D eigenvalue weighted by molar-refractivity contribution is 5.66. The van der Waals surface area contributed by atoms with Gasteiger partial charge < -0.3 is 10.4 Å². The minimum atomic E-state index is -0.711. The number of carboxylic acids is 1. The molecule has 0 fully saturated rings. The van der Waals surface area contributed by atoms with Gasteiger partial charge in [0.25, 0.3) is 0 Å². The van der Waals surface area contributed by atoms with Crippen LogP contribution in [0.4, 0.5) is 0 Å². The zero-order valence-electron chi connectivity index (χ0n) is 10.6. The minimum Gasteiger partial charge on any atom is -0.481 e. The van der Waals surface area contributed by atoms with Crippen molar-refractivity contribution in [3.05, 3.63) is 35.4 Å². The highest BCUT2D eigenvalue weighted by Gasteiger charge is 2.03. The standard InChI is InChI=1S/C14H21NO2/c1-11-6-8-13(9-7-11)12(2)15-10-4-3-5-14(16)17/h6-9,12,15H,3-5,10H2,1-2H3,(H,16,17)/t12-/m1/s1. The first-order chi connectivity index (χ1) is 8.09. The van der Waals surface area contributed by atoms with Gasteiger partial charge >= 0.3 is 5.97 Å². The molecule has 3 heteroatoms. The fourth-order valence-corrected chi connectivity index (χ4v) is 1.69. The number of unbranched alkanes of at least 4 members (excludes halogenated alkanes) is 1. The van der Waals surface area contributed by atoms with E-state index in [0.717, 1.165) is 19.4 Å². The summed E-state index contributed by atoms with van der Waals surface area (Å²) in [5.41, 5.74) is 2.54. The van der Waals surface area contributed by atoms with E-state index in [1.165, 1.54) is 11.1 Å². The van der Waals surface area contributed by atoms with Gasteiger partial charge in [-0.25, -0.2) is 0 Å². The molecule has 0 unspecified atom stereocenters. The molecule has 0 aliphatic carbocycles. The lowest BCUT2D eigenvalue weighted by atomic mass is 10.1. The van der Waals surface area contributed by atoms with Crippen molar-refractivity contribution in [3.63, 3.8) is 0 Å². The first-order valence-electron chi connectivity index (χ1n) is 6.11. The summed E-state index contributed by atoms with van der Waals surface area (Å²) < 4.78 is 0. The van der Waals surface area contributed by atoms with E-state index < -0.39 is 5.97 Å². The molecule has 1 aromatic carbocycles. The van der Waals surface area contributed by atoms with Crippen LogP contribution < -0.4 is 5.32 Å². The lowest BCUT2D eigenvalue weighted by Gasteiger charge is -2.14. The van der Waals surface area contributed by atoms with Crippen molar-refractivity contribution in [3.8, 4) is 0 Å². The van der Waals surface area contributed by atoms with Crippen molar-refractivity contribution in [2.24, 2.45) is 0 Å². The summed E-state index contributed by atoms with van der Waals surface area (Å²) in [7, 11) is 0. The molecule has 0 saturated carbocycles. The molecular weight excluding hydrogens is 214 g/mol. The topological polar surface area (TPSA) is 49.3 Å². The smallest absolute Gasteiger partial charge is 0.303 e. The zero-order chi connectivity index (χ0) is 12.7. The highest BCUT2D eigenvalue weighted by Crippen LogP contribution is 2.12. The van der Waals surface area contributed by atoms with E-state index in [0.29, 0.717) is 6.04 Å². The summed E-state index contributed by atoms with van der Waals surface area (Å²) in [4.78, 5) is 10.3. The van der Waals surface area contributed by atoms with Gasteiger partial charge in [-0.2, -0.15) is 0 Å². The van der Waals surface area contributed by atoms with Gasteiger partial charge in [-0.05, 0) is 38.8 Å². The number of rotatable bonds is 7. The van der Waals surface area contributed by atoms with Gasteiger partial charge in [0, 0.05) is 12.5 Å². The second-order valence-corrected chi connectivity index (χ2v) is 4.44. The number of nitrogens with one attached hydrogen (secondary N) is 1. The zero-order valence-corrected chi connectivity index (χ0v) is 10.6. The third kappa shape index (κ3) is 5.50. The van der Waals surface area contributed by atoms with Crippen molar-refractivity contribution in [1.82, 2.24) is 5.32 Å². The second kappa shape index (κ2) is 7.07. The Balaban J connectivity index is 2.23. The Morgan fingerprint density at radius 2 is 1.94 bits per heavy atom. The van der Waals surface area contributed by atoms with E-state index in [4.69, 9.17) is 5.11 Å². The van der Waals surface area contributed by atoms with Crippen LogP contribution in [0.5, 0.6) is 0 Å². The van der Waals surface area contributed by atoms with Crippen LogP contribution in [0.15, 0.2) is 24.3 Å². The van der Waals surface area contributed by atoms with Crippen LogP contribution in [-0.2, 0) is 4.79 Å². The molecule has 0 heterocycles. The van der Waals surface area contributed by atoms with E-state index >= 15 is 0 Å². The summed E-state index contributed by atoms with van der Waals surface area (Å²) in [5, 5.41) is 11.9. The molecule has 0 aromatic heterocycles. The van der Waals surface area contributed by atoms with Crippen LogP contribution in [0, 0.1) is 6.92 Å². The average Bonchev–Trinajstić information content (AvgIpc) is 2.29. The fraction of sp³-hybridized carbons (Fsp3) is 0.500. The van der Waals surface area contributed by atoms with E-state index in [9.17, 15) is 4.79 Å². The molecule has 0 saturated heterocycles. The number of carboxylic acid groups (broad SMARTS) is 1. The van der Waals surface area contributed by atoms with Gasteiger partial charge in [0.2, 0.25) is 0 Å². The van der Waals surface area contributed by atoms with Crippen LogP contribution in [0.25, 0.3) is 0 Å². The lowest BCUT2D eigenvalue weighted by molar-refractivity contribution is -0.137. The molecule has 2 N–H and O–H groups in total. The molecule has 3 nitrogen and oxygen atoms in total. The number of aliphatic carboxylic acids is 1. The maximum atomic E-state index is 10.3. The average molecular weight is 235 g/mol. The molecule has 0 radical (unpaired) electrons. The maximum absolute atomic E-state index is 10.3. The Hall–Kier alpha value is -1.35. The largest absolute Gasteiger partial charge is 0.481 e. The number of hydrogen-bond acceptors (Lipinski definition) is 2. The molecule has 0 amide bonds. The minimum absolute atomic E-state index is 0.264. The van der Waals surface area contributed by atoms with E-state index in [1.807, 2.05) is 0 Å². The molecular formula is C14H21NO2. The number of benzene rings is 1. The van der Waals surface area contributed by atoms with E-state index in [-0.39, 0.29) is 6.42 Å². The van der Waals surface area contributed by atoms with Crippen molar-refractivity contribution in [2.75, 3.05) is 6.54 Å². The van der Waals surface area contributed by atoms with Gasteiger partial charge in [0.05, 0.1) is 0 Å². The van der Waals surface area contributed by atoms with Crippen molar-refractivity contribution < 1.29 is 9.90 Å². The van der Waals surface area contributed by atoms with E-state index in [1.54, 1.807) is 0 Å². The van der Waals surface area contributed by atoms with Crippen molar-refractivity contribution in [2.45, 2.75) is 39.2 Å². The van der Waals surface area contributed by atoms with Gasteiger partial charge in [0.1, 0.15) is 0 Å². The molecule has 1 aromatic rings. The predicted octanol–water partition coefficient (Wildman–Crippen LogP) is 2.90. The normalized spacial score (nSPS) is 12.4. The van der Waals surface area contributed by atoms with Crippen LogP contribution in [0.1, 0.15) is 43.4 Å². The quantitative estimate of drug-likeness (QED) is 0.714. The van der Waals surface area contributed by atoms with Crippen molar-refractivity contribution >= 4 is 5.97 Å². The third-order valence-corrected chi connectivity index (χ3v) is 2.85. The van der Waals surface area contributed by atoms with Crippen LogP contribution >= 0.6 is 0 Å². The Morgan fingerprint density at radius 3 is 2.53 bits per heavy atom.